The Kier molecular flexibility index (Phi) is 7.10. The van der Waals surface area contributed by atoms with Gasteiger partial charge >= 0.3 is 11.9 Å². The Bertz CT molecular complexity index is 1120. The topological polar surface area (TPSA) is 158 Å². The molecule has 1 saturated heterocycles. The van der Waals surface area contributed by atoms with E-state index >= 15 is 0 Å². The van der Waals surface area contributed by atoms with Crippen molar-refractivity contribution in [2.45, 2.75) is 24.2 Å². The number of sulfonamides is 1. The van der Waals surface area contributed by atoms with E-state index in [2.05, 4.69) is 5.32 Å². The number of rotatable bonds is 8. The number of carbonyl (C=O) groups excluding carboxylic acids is 2. The summed E-state index contributed by atoms with van der Waals surface area (Å²) in [7, 11) is -2.48. The highest BCUT2D eigenvalue weighted by molar-refractivity contribution is 7.89. The first-order chi connectivity index (χ1) is 15.2. The standard InChI is InChI=1S/C19H21N3O9S/c1-29-14-6-5-13(11-16(14)32(27,28)21-9-3-2-4-10-21)20-17(23)12-30-19(24)15-7-8-18(31-15)22(25)26/h5-8,11H,2-4,9-10,12H2,1H3,(H,20,23). The van der Waals surface area contributed by atoms with Crippen LogP contribution in [0.5, 0.6) is 5.75 Å². The number of carbonyl (C=O) groups is 2. The van der Waals surface area contributed by atoms with Gasteiger partial charge in [-0.2, -0.15) is 4.31 Å². The first-order valence-corrected chi connectivity index (χ1v) is 11.1. The number of piperidine rings is 1. The van der Waals surface area contributed by atoms with Crippen LogP contribution >= 0.6 is 0 Å². The van der Waals surface area contributed by atoms with Gasteiger partial charge in [0.25, 0.3) is 5.91 Å². The van der Waals surface area contributed by atoms with Crippen LogP contribution in [0.3, 0.4) is 0 Å². The fourth-order valence-corrected chi connectivity index (χ4v) is 4.83. The van der Waals surface area contributed by atoms with Crippen LogP contribution in [0, 0.1) is 10.1 Å². The number of esters is 1. The predicted octanol–water partition coefficient (Wildman–Crippen LogP) is 2.17. The maximum Gasteiger partial charge on any atom is 0.433 e. The minimum atomic E-state index is -3.83. The van der Waals surface area contributed by atoms with E-state index in [9.17, 15) is 28.1 Å². The number of hydrogen-bond donors (Lipinski definition) is 1. The number of ether oxygens (including phenoxy) is 2. The molecule has 3 rings (SSSR count). The number of furan rings is 1. The Hall–Kier alpha value is -3.45. The Morgan fingerprint density at radius 2 is 1.91 bits per heavy atom. The Morgan fingerprint density at radius 1 is 1.19 bits per heavy atom. The van der Waals surface area contributed by atoms with Gasteiger partial charge in [0.1, 0.15) is 15.6 Å². The summed E-state index contributed by atoms with van der Waals surface area (Å²) in [5, 5.41) is 13.0. The molecule has 0 unspecified atom stereocenters. The largest absolute Gasteiger partial charge is 0.495 e. The first kappa shape index (κ1) is 23.2. The zero-order valence-corrected chi connectivity index (χ0v) is 17.9. The highest BCUT2D eigenvalue weighted by atomic mass is 32.2. The molecule has 1 fully saturated rings. The summed E-state index contributed by atoms with van der Waals surface area (Å²) in [6, 6.07) is 6.18. The maximum atomic E-state index is 13.0. The monoisotopic (exact) mass is 467 g/mol. The van der Waals surface area contributed by atoms with Crippen LogP contribution in [-0.4, -0.2) is 56.3 Å². The molecule has 0 aliphatic carbocycles. The SMILES string of the molecule is COc1ccc(NC(=O)COC(=O)c2ccc([N+](=O)[O-])o2)cc1S(=O)(=O)N1CCCCC1. The molecule has 0 atom stereocenters. The van der Waals surface area contributed by atoms with Crippen molar-refractivity contribution in [2.75, 3.05) is 32.1 Å². The van der Waals surface area contributed by atoms with Gasteiger partial charge in [-0.05, 0) is 37.1 Å². The van der Waals surface area contributed by atoms with Crippen LogP contribution in [0.1, 0.15) is 29.8 Å². The van der Waals surface area contributed by atoms with Gasteiger partial charge in [-0.3, -0.25) is 14.9 Å². The molecule has 0 saturated carbocycles. The fraction of sp³-hybridized carbons (Fsp3) is 0.368. The molecule has 2 heterocycles. The second-order valence-corrected chi connectivity index (χ2v) is 8.76. The fourth-order valence-electron chi connectivity index (χ4n) is 3.14. The number of anilines is 1. The van der Waals surface area contributed by atoms with Crippen molar-refractivity contribution in [3.05, 3.63) is 46.2 Å². The Morgan fingerprint density at radius 3 is 2.53 bits per heavy atom. The summed E-state index contributed by atoms with van der Waals surface area (Å²) >= 11 is 0. The van der Waals surface area contributed by atoms with Gasteiger partial charge in [0.2, 0.25) is 15.8 Å². The molecule has 13 heteroatoms. The van der Waals surface area contributed by atoms with Gasteiger partial charge in [0, 0.05) is 18.8 Å². The third kappa shape index (κ3) is 5.23. The van der Waals surface area contributed by atoms with Crippen molar-refractivity contribution in [1.29, 1.82) is 0 Å². The lowest BCUT2D eigenvalue weighted by atomic mass is 10.2. The molecule has 0 spiro atoms. The zero-order valence-electron chi connectivity index (χ0n) is 17.1. The second-order valence-electron chi connectivity index (χ2n) is 6.85. The minimum Gasteiger partial charge on any atom is -0.495 e. The molecule has 1 aromatic heterocycles. The molecule has 2 aromatic rings. The highest BCUT2D eigenvalue weighted by Gasteiger charge is 2.29. The van der Waals surface area contributed by atoms with E-state index in [1.807, 2.05) is 0 Å². The van der Waals surface area contributed by atoms with Crippen LogP contribution in [0.2, 0.25) is 0 Å². The van der Waals surface area contributed by atoms with Crippen molar-refractivity contribution in [3.8, 4) is 5.75 Å². The van der Waals surface area contributed by atoms with Crippen molar-refractivity contribution in [1.82, 2.24) is 4.31 Å². The summed E-state index contributed by atoms with van der Waals surface area (Å²) < 4.78 is 42.1. The van der Waals surface area contributed by atoms with E-state index in [-0.39, 0.29) is 16.3 Å². The Balaban J connectivity index is 1.67. The molecule has 1 aliphatic rings. The molecular formula is C19H21N3O9S. The number of methoxy groups -OCH3 is 1. The van der Waals surface area contributed by atoms with E-state index in [4.69, 9.17) is 13.9 Å². The number of benzene rings is 1. The van der Waals surface area contributed by atoms with Gasteiger partial charge in [0.05, 0.1) is 13.2 Å². The molecular weight excluding hydrogens is 446 g/mol. The van der Waals surface area contributed by atoms with Crippen molar-refractivity contribution < 1.29 is 36.8 Å². The molecule has 172 valence electrons. The summed E-state index contributed by atoms with van der Waals surface area (Å²) in [6.45, 7) is 0.0967. The smallest absolute Gasteiger partial charge is 0.433 e. The van der Waals surface area contributed by atoms with Gasteiger partial charge in [-0.25, -0.2) is 13.2 Å². The normalized spacial score (nSPS) is 14.5. The molecule has 12 nitrogen and oxygen atoms in total. The van der Waals surface area contributed by atoms with Gasteiger partial charge in [-0.1, -0.05) is 6.42 Å². The van der Waals surface area contributed by atoms with E-state index in [0.29, 0.717) is 13.1 Å². The van der Waals surface area contributed by atoms with Crippen LogP contribution in [0.25, 0.3) is 0 Å². The van der Waals surface area contributed by atoms with Crippen molar-refractivity contribution >= 4 is 33.5 Å². The Labute approximate surface area is 183 Å². The van der Waals surface area contributed by atoms with Crippen LogP contribution in [0.15, 0.2) is 39.6 Å². The predicted molar refractivity (Wildman–Crippen MR) is 110 cm³/mol. The third-order valence-electron chi connectivity index (χ3n) is 4.69. The summed E-state index contributed by atoms with van der Waals surface area (Å²) in [5.74, 6) is -2.73. The lowest BCUT2D eigenvalue weighted by molar-refractivity contribution is -0.402. The lowest BCUT2D eigenvalue weighted by Gasteiger charge is -2.26. The van der Waals surface area contributed by atoms with Crippen LogP contribution in [0.4, 0.5) is 11.6 Å². The molecule has 0 bridgehead atoms. The molecule has 1 N–H and O–H groups in total. The van der Waals surface area contributed by atoms with Crippen LogP contribution in [-0.2, 0) is 19.6 Å². The minimum absolute atomic E-state index is 0.0837. The summed E-state index contributed by atoms with van der Waals surface area (Å²) in [6.07, 6.45) is 2.49. The number of amides is 1. The van der Waals surface area contributed by atoms with E-state index in [1.165, 1.54) is 29.6 Å². The molecule has 0 radical (unpaired) electrons. The molecule has 32 heavy (non-hydrogen) atoms. The first-order valence-electron chi connectivity index (χ1n) is 9.62. The number of hydrogen-bond acceptors (Lipinski definition) is 9. The quantitative estimate of drug-likeness (QED) is 0.349. The van der Waals surface area contributed by atoms with Gasteiger partial charge < -0.3 is 19.2 Å². The van der Waals surface area contributed by atoms with Gasteiger partial charge in [0.15, 0.2) is 6.61 Å². The van der Waals surface area contributed by atoms with E-state index < -0.39 is 45.1 Å². The maximum absolute atomic E-state index is 13.0. The highest BCUT2D eigenvalue weighted by Crippen LogP contribution is 2.31. The van der Waals surface area contributed by atoms with Crippen LogP contribution < -0.4 is 10.1 Å². The number of nitro groups is 1. The second kappa shape index (κ2) is 9.78. The van der Waals surface area contributed by atoms with Crippen molar-refractivity contribution in [3.63, 3.8) is 0 Å². The molecule has 1 aromatic carbocycles. The van der Waals surface area contributed by atoms with Gasteiger partial charge in [-0.15, -0.1) is 0 Å². The van der Waals surface area contributed by atoms with E-state index in [1.54, 1.807) is 0 Å². The molecule has 1 aliphatic heterocycles. The number of nitrogens with one attached hydrogen (secondary N) is 1. The zero-order chi connectivity index (χ0) is 23.3. The average molecular weight is 467 g/mol. The van der Waals surface area contributed by atoms with Crippen molar-refractivity contribution in [2.24, 2.45) is 0 Å². The van der Waals surface area contributed by atoms with E-state index in [0.717, 1.165) is 31.4 Å². The third-order valence-corrected chi connectivity index (χ3v) is 6.61. The lowest BCUT2D eigenvalue weighted by Crippen LogP contribution is -2.35. The molecule has 1 amide bonds. The summed E-state index contributed by atoms with van der Waals surface area (Å²) in [4.78, 5) is 33.7. The number of nitrogens with zero attached hydrogens (tertiary/aromatic N) is 2. The average Bonchev–Trinajstić information content (AvgIpc) is 3.29. The summed E-state index contributed by atoms with van der Waals surface area (Å²) in [5.41, 5.74) is 0.163.